The topological polar surface area (TPSA) is 29.4 Å². The number of alkyl halides is 1. The lowest BCUT2D eigenvalue weighted by molar-refractivity contribution is 0.688. The number of nitroso groups, excluding NO2 is 1. The molecule has 0 fully saturated rings. The molecule has 0 N–H and O–H groups in total. The number of halogens is 1. The van der Waals surface area contributed by atoms with Crippen molar-refractivity contribution in [1.29, 1.82) is 0 Å². The van der Waals surface area contributed by atoms with Gasteiger partial charge in [-0.25, -0.2) is 0 Å². The predicted octanol–water partition coefficient (Wildman–Crippen LogP) is 2.91. The molecule has 0 heterocycles. The number of hydrogen-bond donors (Lipinski definition) is 0. The highest BCUT2D eigenvalue weighted by Gasteiger charge is 2.23. The molecule has 1 aromatic rings. The Morgan fingerprint density at radius 3 is 2.50 bits per heavy atom. The van der Waals surface area contributed by atoms with E-state index < -0.39 is 4.87 Å². The molecule has 0 aromatic heterocycles. The van der Waals surface area contributed by atoms with Crippen molar-refractivity contribution in [3.8, 4) is 0 Å². The van der Waals surface area contributed by atoms with E-state index in [1.807, 2.05) is 30.3 Å². The molecule has 3 heteroatoms. The monoisotopic (exact) mass is 183 g/mol. The van der Waals surface area contributed by atoms with Gasteiger partial charge in [0.1, 0.15) is 6.54 Å². The van der Waals surface area contributed by atoms with Crippen molar-refractivity contribution in [3.63, 3.8) is 0 Å². The first-order valence-corrected chi connectivity index (χ1v) is 4.08. The highest BCUT2D eigenvalue weighted by Crippen LogP contribution is 2.28. The quantitative estimate of drug-likeness (QED) is 0.524. The first-order valence-electron chi connectivity index (χ1n) is 3.70. The molecular weight excluding hydrogens is 174 g/mol. The third-order valence-corrected chi connectivity index (χ3v) is 2.07. The Hall–Kier alpha value is -0.890. The van der Waals surface area contributed by atoms with E-state index in [4.69, 9.17) is 11.6 Å². The zero-order valence-corrected chi connectivity index (χ0v) is 7.58. The van der Waals surface area contributed by atoms with Gasteiger partial charge in [0, 0.05) is 0 Å². The van der Waals surface area contributed by atoms with Gasteiger partial charge in [0.15, 0.2) is 0 Å². The summed E-state index contributed by atoms with van der Waals surface area (Å²) in [6, 6.07) is 9.46. The summed E-state index contributed by atoms with van der Waals surface area (Å²) in [5, 5.41) is 2.80. The summed E-state index contributed by atoms with van der Waals surface area (Å²) in [5.41, 5.74) is 0.922. The molecule has 0 spiro atoms. The molecule has 64 valence electrons. The van der Waals surface area contributed by atoms with Crippen LogP contribution in [0.15, 0.2) is 35.5 Å². The van der Waals surface area contributed by atoms with Gasteiger partial charge in [0.2, 0.25) is 0 Å². The Morgan fingerprint density at radius 2 is 2.00 bits per heavy atom. The molecule has 0 aliphatic carbocycles. The van der Waals surface area contributed by atoms with E-state index in [1.54, 1.807) is 6.92 Å². The summed E-state index contributed by atoms with van der Waals surface area (Å²) in [4.78, 5) is 9.40. The molecule has 0 saturated heterocycles. The highest BCUT2D eigenvalue weighted by atomic mass is 35.5. The van der Waals surface area contributed by atoms with Crippen LogP contribution in [0, 0.1) is 4.91 Å². The molecule has 12 heavy (non-hydrogen) atoms. The van der Waals surface area contributed by atoms with Gasteiger partial charge < -0.3 is 0 Å². The Balaban J connectivity index is 2.89. The average molecular weight is 184 g/mol. The van der Waals surface area contributed by atoms with Crippen LogP contribution in [0.25, 0.3) is 0 Å². The van der Waals surface area contributed by atoms with Gasteiger partial charge in [-0.3, -0.25) is 0 Å². The van der Waals surface area contributed by atoms with E-state index in [1.165, 1.54) is 0 Å². The molecule has 0 bridgehead atoms. The molecule has 1 aromatic carbocycles. The third kappa shape index (κ3) is 2.05. The van der Waals surface area contributed by atoms with Crippen LogP contribution in [0.2, 0.25) is 0 Å². The van der Waals surface area contributed by atoms with E-state index in [-0.39, 0.29) is 6.54 Å². The van der Waals surface area contributed by atoms with Gasteiger partial charge in [0.25, 0.3) is 0 Å². The smallest absolute Gasteiger partial charge is 0.104 e. The summed E-state index contributed by atoms with van der Waals surface area (Å²) in [6.45, 7) is 1.88. The van der Waals surface area contributed by atoms with E-state index in [9.17, 15) is 4.91 Å². The standard InChI is InChI=1S/C9H10ClNO/c1-9(10,7-11-12)8-5-3-2-4-6-8/h2-6H,7H2,1H3. The summed E-state index contributed by atoms with van der Waals surface area (Å²) < 4.78 is 0. The predicted molar refractivity (Wildman–Crippen MR) is 50.3 cm³/mol. The fourth-order valence-corrected chi connectivity index (χ4v) is 1.17. The van der Waals surface area contributed by atoms with Crippen LogP contribution in [0.3, 0.4) is 0 Å². The van der Waals surface area contributed by atoms with Gasteiger partial charge in [-0.2, -0.15) is 4.91 Å². The minimum atomic E-state index is -0.664. The van der Waals surface area contributed by atoms with Crippen LogP contribution in [0.5, 0.6) is 0 Å². The molecular formula is C9H10ClNO. The van der Waals surface area contributed by atoms with Crippen LogP contribution in [0.4, 0.5) is 0 Å². The first kappa shape index (κ1) is 9.20. The maximum atomic E-state index is 10.1. The van der Waals surface area contributed by atoms with Gasteiger partial charge in [-0.15, -0.1) is 11.6 Å². The molecule has 1 unspecified atom stereocenters. The van der Waals surface area contributed by atoms with Crippen molar-refractivity contribution < 1.29 is 0 Å². The van der Waals surface area contributed by atoms with Crippen LogP contribution in [-0.4, -0.2) is 6.54 Å². The lowest BCUT2D eigenvalue weighted by Crippen LogP contribution is -2.17. The molecule has 0 amide bonds. The highest BCUT2D eigenvalue weighted by molar-refractivity contribution is 6.24. The van der Waals surface area contributed by atoms with Gasteiger partial charge in [-0.05, 0) is 12.5 Å². The fraction of sp³-hybridized carbons (Fsp3) is 0.333. The third-order valence-electron chi connectivity index (χ3n) is 1.74. The maximum Gasteiger partial charge on any atom is 0.104 e. The minimum Gasteiger partial charge on any atom is -0.151 e. The van der Waals surface area contributed by atoms with Crippen LogP contribution in [-0.2, 0) is 4.87 Å². The van der Waals surface area contributed by atoms with E-state index in [0.29, 0.717) is 0 Å². The second-order valence-corrected chi connectivity index (χ2v) is 3.68. The number of nitrogens with zero attached hydrogens (tertiary/aromatic N) is 1. The first-order chi connectivity index (χ1) is 5.67. The summed E-state index contributed by atoms with van der Waals surface area (Å²) in [6.07, 6.45) is 0. The Morgan fingerprint density at radius 1 is 1.42 bits per heavy atom. The maximum absolute atomic E-state index is 10.1. The van der Waals surface area contributed by atoms with Gasteiger partial charge in [-0.1, -0.05) is 35.5 Å². The summed E-state index contributed by atoms with van der Waals surface area (Å²) in [5.74, 6) is 0. The second kappa shape index (κ2) is 3.68. The number of rotatable bonds is 3. The minimum absolute atomic E-state index is 0.0958. The van der Waals surface area contributed by atoms with Gasteiger partial charge in [0.05, 0.1) is 4.87 Å². The lowest BCUT2D eigenvalue weighted by atomic mass is 10.0. The van der Waals surface area contributed by atoms with Crippen molar-refractivity contribution >= 4 is 11.6 Å². The zero-order valence-electron chi connectivity index (χ0n) is 6.83. The van der Waals surface area contributed by atoms with Crippen molar-refractivity contribution in [3.05, 3.63) is 40.8 Å². The van der Waals surface area contributed by atoms with Crippen LogP contribution in [0.1, 0.15) is 12.5 Å². The molecule has 0 radical (unpaired) electrons. The van der Waals surface area contributed by atoms with Crippen molar-refractivity contribution in [1.82, 2.24) is 0 Å². The summed E-state index contributed by atoms with van der Waals surface area (Å²) >= 11 is 6.07. The average Bonchev–Trinajstić information content (AvgIpc) is 2.06. The molecule has 1 atom stereocenters. The largest absolute Gasteiger partial charge is 0.151 e. The molecule has 0 saturated carbocycles. The molecule has 2 nitrogen and oxygen atoms in total. The second-order valence-electron chi connectivity index (χ2n) is 2.85. The lowest BCUT2D eigenvalue weighted by Gasteiger charge is -2.17. The summed E-state index contributed by atoms with van der Waals surface area (Å²) in [7, 11) is 0. The van der Waals surface area contributed by atoms with Crippen LogP contribution < -0.4 is 0 Å². The number of hydrogen-bond acceptors (Lipinski definition) is 2. The SMILES string of the molecule is CC(Cl)(CN=O)c1ccccc1. The fourth-order valence-electron chi connectivity index (χ4n) is 0.998. The Bertz CT molecular complexity index is 258. The zero-order chi connectivity index (χ0) is 9.03. The van der Waals surface area contributed by atoms with E-state index in [2.05, 4.69) is 5.18 Å². The normalized spacial score (nSPS) is 15.2. The molecule has 0 aliphatic heterocycles. The molecule has 0 aliphatic rings. The van der Waals surface area contributed by atoms with Gasteiger partial charge >= 0.3 is 0 Å². The van der Waals surface area contributed by atoms with Crippen molar-refractivity contribution in [2.75, 3.05) is 6.54 Å². The van der Waals surface area contributed by atoms with Crippen molar-refractivity contribution in [2.24, 2.45) is 5.18 Å². The van der Waals surface area contributed by atoms with Crippen LogP contribution >= 0.6 is 11.6 Å². The number of benzene rings is 1. The Labute approximate surface area is 76.5 Å². The Kier molecular flexibility index (Phi) is 2.82. The van der Waals surface area contributed by atoms with Crippen molar-refractivity contribution in [2.45, 2.75) is 11.8 Å². The van der Waals surface area contributed by atoms with E-state index >= 15 is 0 Å². The van der Waals surface area contributed by atoms with E-state index in [0.717, 1.165) is 5.56 Å². The molecule has 1 rings (SSSR count).